The van der Waals surface area contributed by atoms with Gasteiger partial charge in [-0.3, -0.25) is 19.4 Å². The molecule has 3 amide bonds. The van der Waals surface area contributed by atoms with Gasteiger partial charge in [-0.2, -0.15) is 0 Å². The van der Waals surface area contributed by atoms with Gasteiger partial charge >= 0.3 is 5.97 Å². The van der Waals surface area contributed by atoms with Crippen LogP contribution < -0.4 is 32.7 Å². The highest BCUT2D eigenvalue weighted by Crippen LogP contribution is 2.13. The topological polar surface area (TPSA) is 221 Å². The van der Waals surface area contributed by atoms with E-state index in [9.17, 15) is 29.4 Å². The number of aliphatic carboxylic acids is 1. The molecule has 2 rings (SSSR count). The van der Waals surface area contributed by atoms with E-state index >= 15 is 0 Å². The van der Waals surface area contributed by atoms with Crippen LogP contribution in [-0.4, -0.2) is 77.1 Å². The number of amides is 3. The molecule has 4 atom stereocenters. The van der Waals surface area contributed by atoms with Gasteiger partial charge in [0.1, 0.15) is 23.9 Å². The number of aliphatic imine (C=N–C) groups is 1. The van der Waals surface area contributed by atoms with E-state index in [-0.39, 0.29) is 49.3 Å². The van der Waals surface area contributed by atoms with Crippen LogP contribution in [0, 0.1) is 5.92 Å². The number of hydrogen-bond acceptors (Lipinski definition) is 7. The molecule has 0 saturated carbocycles. The minimum Gasteiger partial charge on any atom is -0.508 e. The minimum absolute atomic E-state index is 0.000904. The first-order valence-corrected chi connectivity index (χ1v) is 13.2. The molecule has 1 saturated heterocycles. The summed E-state index contributed by atoms with van der Waals surface area (Å²) in [6.07, 6.45) is 2.39. The maximum absolute atomic E-state index is 13.3. The Labute approximate surface area is 228 Å². The zero-order valence-electron chi connectivity index (χ0n) is 22.5. The average molecular weight is 548 g/mol. The lowest BCUT2D eigenvalue weighted by Gasteiger charge is -2.26. The molecule has 1 aliphatic rings. The lowest BCUT2D eigenvalue weighted by atomic mass is 10.0. The number of carboxylic acids is 1. The van der Waals surface area contributed by atoms with Crippen molar-refractivity contribution in [1.82, 2.24) is 21.3 Å². The number of rotatable bonds is 15. The zero-order chi connectivity index (χ0) is 28.9. The van der Waals surface area contributed by atoms with Crippen LogP contribution in [0.1, 0.15) is 51.5 Å². The van der Waals surface area contributed by atoms with Gasteiger partial charge in [0.2, 0.25) is 17.7 Å². The molecular formula is C26H41N7O6. The molecule has 1 aromatic rings. The van der Waals surface area contributed by atoms with Gasteiger partial charge < -0.3 is 42.9 Å². The van der Waals surface area contributed by atoms with Gasteiger partial charge in [-0.15, -0.1) is 0 Å². The molecule has 0 aromatic heterocycles. The summed E-state index contributed by atoms with van der Waals surface area (Å²) in [6, 6.07) is 2.38. The molecule has 10 N–H and O–H groups in total. The fourth-order valence-electron chi connectivity index (χ4n) is 4.27. The summed E-state index contributed by atoms with van der Waals surface area (Å²) in [4.78, 5) is 55.0. The summed E-state index contributed by atoms with van der Waals surface area (Å²) in [5.41, 5.74) is 11.3. The van der Waals surface area contributed by atoms with Crippen LogP contribution in [0.2, 0.25) is 0 Å². The van der Waals surface area contributed by atoms with Crippen LogP contribution in [0.25, 0.3) is 0 Å². The van der Waals surface area contributed by atoms with Crippen molar-refractivity contribution in [3.05, 3.63) is 29.8 Å². The second kappa shape index (κ2) is 15.5. The molecule has 39 heavy (non-hydrogen) atoms. The van der Waals surface area contributed by atoms with Crippen molar-refractivity contribution in [2.75, 3.05) is 13.1 Å². The molecule has 0 bridgehead atoms. The van der Waals surface area contributed by atoms with E-state index in [4.69, 9.17) is 11.5 Å². The smallest absolute Gasteiger partial charge is 0.326 e. The van der Waals surface area contributed by atoms with Crippen molar-refractivity contribution in [2.45, 2.75) is 76.5 Å². The SMILES string of the molecule is CC(C)CC(NC(=O)C(CCCN=C(N)N)NC(=O)C1CCCN1)C(=O)NC(Cc1ccc(O)cc1)C(=O)O. The van der Waals surface area contributed by atoms with Gasteiger partial charge in [-0.05, 0) is 62.3 Å². The third kappa shape index (κ3) is 11.2. The largest absolute Gasteiger partial charge is 0.508 e. The number of carboxylic acid groups (broad SMARTS) is 1. The number of carbonyl (C=O) groups is 4. The lowest BCUT2D eigenvalue weighted by Crippen LogP contribution is -2.57. The Balaban J connectivity index is 2.13. The van der Waals surface area contributed by atoms with E-state index in [1.807, 2.05) is 13.8 Å². The minimum atomic E-state index is -1.25. The fourth-order valence-corrected chi connectivity index (χ4v) is 4.27. The molecule has 4 unspecified atom stereocenters. The van der Waals surface area contributed by atoms with Crippen molar-refractivity contribution in [3.63, 3.8) is 0 Å². The van der Waals surface area contributed by atoms with Crippen molar-refractivity contribution in [2.24, 2.45) is 22.4 Å². The monoisotopic (exact) mass is 547 g/mol. The first-order chi connectivity index (χ1) is 18.5. The Hall–Kier alpha value is -3.87. The predicted octanol–water partition coefficient (Wildman–Crippen LogP) is -0.675. The molecule has 13 heteroatoms. The Morgan fingerprint density at radius 2 is 1.67 bits per heavy atom. The van der Waals surface area contributed by atoms with E-state index in [1.165, 1.54) is 12.1 Å². The van der Waals surface area contributed by atoms with Gasteiger partial charge in [0, 0.05) is 13.0 Å². The Morgan fingerprint density at radius 3 is 2.23 bits per heavy atom. The fraction of sp³-hybridized carbons (Fsp3) is 0.577. The molecule has 0 radical (unpaired) electrons. The summed E-state index contributed by atoms with van der Waals surface area (Å²) in [7, 11) is 0. The van der Waals surface area contributed by atoms with Gasteiger partial charge in [0.25, 0.3) is 0 Å². The Morgan fingerprint density at radius 1 is 1.03 bits per heavy atom. The van der Waals surface area contributed by atoms with Crippen LogP contribution in [0.4, 0.5) is 0 Å². The summed E-state index contributed by atoms with van der Waals surface area (Å²) in [5, 5.41) is 30.3. The second-order valence-corrected chi connectivity index (χ2v) is 10.1. The molecule has 1 fully saturated rings. The number of benzene rings is 1. The van der Waals surface area contributed by atoms with Gasteiger partial charge in [0.05, 0.1) is 6.04 Å². The van der Waals surface area contributed by atoms with E-state index in [0.717, 1.165) is 6.42 Å². The Kier molecular flexibility index (Phi) is 12.5. The molecule has 0 spiro atoms. The Bertz CT molecular complexity index is 1000. The molecule has 1 aromatic carbocycles. The van der Waals surface area contributed by atoms with Crippen molar-refractivity contribution in [1.29, 1.82) is 0 Å². The quantitative estimate of drug-likeness (QED) is 0.0791. The highest BCUT2D eigenvalue weighted by atomic mass is 16.4. The summed E-state index contributed by atoms with van der Waals surface area (Å²) in [5.74, 6) is -2.79. The molecule has 13 nitrogen and oxygen atoms in total. The molecule has 1 aliphatic heterocycles. The number of nitrogens with two attached hydrogens (primary N) is 2. The maximum atomic E-state index is 13.3. The number of aromatic hydroxyl groups is 1. The summed E-state index contributed by atoms with van der Waals surface area (Å²) >= 11 is 0. The van der Waals surface area contributed by atoms with Gasteiger partial charge in [-0.1, -0.05) is 26.0 Å². The van der Waals surface area contributed by atoms with Crippen molar-refractivity contribution in [3.8, 4) is 5.75 Å². The van der Waals surface area contributed by atoms with Gasteiger partial charge in [0.15, 0.2) is 5.96 Å². The number of nitrogens with one attached hydrogen (secondary N) is 4. The third-order valence-electron chi connectivity index (χ3n) is 6.29. The van der Waals surface area contributed by atoms with Crippen molar-refractivity contribution >= 4 is 29.7 Å². The van der Waals surface area contributed by atoms with Crippen LogP contribution in [0.5, 0.6) is 5.75 Å². The number of nitrogens with zero attached hydrogens (tertiary/aromatic N) is 1. The number of phenols is 1. The van der Waals surface area contributed by atoms with Crippen molar-refractivity contribution < 1.29 is 29.4 Å². The van der Waals surface area contributed by atoms with Crippen LogP contribution in [0.15, 0.2) is 29.3 Å². The van der Waals surface area contributed by atoms with Crippen LogP contribution >= 0.6 is 0 Å². The third-order valence-corrected chi connectivity index (χ3v) is 6.29. The van der Waals surface area contributed by atoms with Crippen LogP contribution in [-0.2, 0) is 25.6 Å². The van der Waals surface area contributed by atoms with E-state index in [1.54, 1.807) is 12.1 Å². The second-order valence-electron chi connectivity index (χ2n) is 10.1. The highest BCUT2D eigenvalue weighted by Gasteiger charge is 2.31. The van der Waals surface area contributed by atoms with Crippen LogP contribution in [0.3, 0.4) is 0 Å². The van der Waals surface area contributed by atoms with E-state index in [2.05, 4.69) is 26.3 Å². The first kappa shape index (κ1) is 31.3. The van der Waals surface area contributed by atoms with E-state index in [0.29, 0.717) is 24.9 Å². The van der Waals surface area contributed by atoms with Gasteiger partial charge in [-0.25, -0.2) is 4.79 Å². The summed E-state index contributed by atoms with van der Waals surface area (Å²) < 4.78 is 0. The number of phenolic OH excluding ortho intramolecular Hbond substituents is 1. The zero-order valence-corrected chi connectivity index (χ0v) is 22.5. The maximum Gasteiger partial charge on any atom is 0.326 e. The standard InChI is InChI=1S/C26H41N7O6/c1-15(2)13-20(24(37)33-21(25(38)39)14-16-7-9-17(34)10-8-16)32-23(36)19(6-4-12-30-26(27)28)31-22(35)18-5-3-11-29-18/h7-10,15,18-21,29,34H,3-6,11-14H2,1-2H3,(H,31,35)(H,32,36)(H,33,37)(H,38,39)(H4,27,28,30). The number of carbonyl (C=O) groups excluding carboxylic acids is 3. The molecule has 216 valence electrons. The first-order valence-electron chi connectivity index (χ1n) is 13.2. The lowest BCUT2D eigenvalue weighted by molar-refractivity contribution is -0.142. The summed E-state index contributed by atoms with van der Waals surface area (Å²) in [6.45, 7) is 4.72. The number of guanidine groups is 1. The molecular weight excluding hydrogens is 506 g/mol. The molecule has 0 aliphatic carbocycles. The average Bonchev–Trinajstić information content (AvgIpc) is 3.41. The van der Waals surface area contributed by atoms with E-state index < -0.39 is 42.0 Å². The highest BCUT2D eigenvalue weighted by molar-refractivity contribution is 5.94. The predicted molar refractivity (Wildman–Crippen MR) is 146 cm³/mol. The number of hydrogen-bond donors (Lipinski definition) is 8. The normalized spacial score (nSPS) is 17.1. The molecule has 1 heterocycles.